The zero-order valence-corrected chi connectivity index (χ0v) is 15.3. The highest BCUT2D eigenvalue weighted by molar-refractivity contribution is 5.87. The molecule has 0 spiro atoms. The average molecular weight is 340 g/mol. The summed E-state index contributed by atoms with van der Waals surface area (Å²) in [5.41, 5.74) is 2.93. The number of hydrogen-bond donors (Lipinski definition) is 0. The van der Waals surface area contributed by atoms with Crippen LogP contribution in [0.25, 0.3) is 0 Å². The molecular weight excluding hydrogens is 312 g/mol. The van der Waals surface area contributed by atoms with Gasteiger partial charge in [-0.15, -0.1) is 0 Å². The summed E-state index contributed by atoms with van der Waals surface area (Å²) in [6, 6.07) is 6.61. The van der Waals surface area contributed by atoms with Crippen molar-refractivity contribution in [1.29, 1.82) is 0 Å². The van der Waals surface area contributed by atoms with Crippen molar-refractivity contribution in [3.8, 4) is 5.75 Å². The topological polar surface area (TPSA) is 35.5 Å². The highest BCUT2D eigenvalue weighted by Gasteiger charge is 2.54. The molecule has 1 aromatic rings. The summed E-state index contributed by atoms with van der Waals surface area (Å²) in [5, 5.41) is 0. The first-order valence-electron chi connectivity index (χ1n) is 9.60. The van der Waals surface area contributed by atoms with Crippen LogP contribution in [-0.4, -0.2) is 19.5 Å². The van der Waals surface area contributed by atoms with Gasteiger partial charge in [-0.3, -0.25) is 4.79 Å². The maximum atomic E-state index is 12.4. The lowest BCUT2D eigenvalue weighted by molar-refractivity contribution is -0.129. The normalized spacial score (nSPS) is 33.7. The molecule has 0 N–H and O–H groups in total. The van der Waals surface area contributed by atoms with Gasteiger partial charge in [-0.1, -0.05) is 13.0 Å². The van der Waals surface area contributed by atoms with Gasteiger partial charge in [0.1, 0.15) is 18.1 Å². The maximum Gasteiger partial charge on any atom is 0.139 e. The molecule has 3 aliphatic rings. The molecule has 0 heterocycles. The van der Waals surface area contributed by atoms with Gasteiger partial charge in [0.25, 0.3) is 0 Å². The first-order chi connectivity index (χ1) is 12.1. The second-order valence-electron chi connectivity index (χ2n) is 8.11. The Labute approximate surface area is 150 Å². The average Bonchev–Trinajstić information content (AvgIpc) is 2.93. The van der Waals surface area contributed by atoms with Gasteiger partial charge in [0.15, 0.2) is 0 Å². The van der Waals surface area contributed by atoms with Crippen LogP contribution < -0.4 is 4.74 Å². The molecule has 25 heavy (non-hydrogen) atoms. The first-order valence-corrected chi connectivity index (χ1v) is 9.60. The number of carbonyl (C=O) groups excluding carboxylic acids is 1. The second-order valence-corrected chi connectivity index (χ2v) is 8.11. The van der Waals surface area contributed by atoms with Gasteiger partial charge in [0, 0.05) is 11.8 Å². The van der Waals surface area contributed by atoms with E-state index in [1.54, 1.807) is 13.4 Å². The Morgan fingerprint density at radius 2 is 2.12 bits per heavy atom. The molecule has 0 radical (unpaired) electrons. The zero-order chi connectivity index (χ0) is 17.4. The fourth-order valence-corrected chi connectivity index (χ4v) is 5.70. The largest absolute Gasteiger partial charge is 0.505 e. The van der Waals surface area contributed by atoms with Gasteiger partial charge < -0.3 is 9.47 Å². The summed E-state index contributed by atoms with van der Waals surface area (Å²) in [6.07, 6.45) is 9.99. The number of rotatable bonds is 4. The lowest BCUT2D eigenvalue weighted by atomic mass is 9.55. The SMILES string of the molecule is COC=CCOc1ccc2c(c1)CC[C@@H]1[C@@H]2CC[C@]2(C)C(=O)CC[C@@H]12. The fourth-order valence-electron chi connectivity index (χ4n) is 5.70. The minimum absolute atomic E-state index is 0.0323. The molecule has 134 valence electrons. The number of methoxy groups -OCH3 is 1. The maximum absolute atomic E-state index is 12.4. The van der Waals surface area contributed by atoms with E-state index < -0.39 is 0 Å². The number of Topliss-reactive ketones (excluding diaryl/α,β-unsaturated/α-hetero) is 1. The molecule has 2 fully saturated rings. The van der Waals surface area contributed by atoms with Crippen LogP contribution in [0.1, 0.15) is 56.1 Å². The van der Waals surface area contributed by atoms with Crippen molar-refractivity contribution in [2.75, 3.05) is 13.7 Å². The van der Waals surface area contributed by atoms with Crippen LogP contribution in [0, 0.1) is 17.3 Å². The van der Waals surface area contributed by atoms with Gasteiger partial charge in [-0.05, 0) is 79.2 Å². The number of ether oxygens (including phenoxy) is 2. The lowest BCUT2D eigenvalue weighted by Gasteiger charge is -2.48. The highest BCUT2D eigenvalue weighted by atomic mass is 16.5. The van der Waals surface area contributed by atoms with E-state index in [0.717, 1.165) is 37.9 Å². The Morgan fingerprint density at radius 3 is 2.96 bits per heavy atom. The van der Waals surface area contributed by atoms with Crippen molar-refractivity contribution in [2.24, 2.45) is 17.3 Å². The minimum atomic E-state index is -0.0323. The predicted octanol–water partition coefficient (Wildman–Crippen LogP) is 4.65. The third-order valence-corrected chi connectivity index (χ3v) is 6.99. The van der Waals surface area contributed by atoms with Gasteiger partial charge in [-0.2, -0.15) is 0 Å². The highest BCUT2D eigenvalue weighted by Crippen LogP contribution is 2.59. The van der Waals surface area contributed by atoms with E-state index >= 15 is 0 Å². The van der Waals surface area contributed by atoms with Crippen LogP contribution in [0.4, 0.5) is 0 Å². The van der Waals surface area contributed by atoms with Crippen molar-refractivity contribution in [1.82, 2.24) is 0 Å². The Bertz CT molecular complexity index is 693. The molecule has 0 amide bonds. The summed E-state index contributed by atoms with van der Waals surface area (Å²) in [7, 11) is 1.64. The number of aryl methyl sites for hydroxylation is 1. The molecule has 0 saturated heterocycles. The van der Waals surface area contributed by atoms with Crippen LogP contribution in [0.15, 0.2) is 30.5 Å². The fraction of sp³-hybridized carbons (Fsp3) is 0.591. The lowest BCUT2D eigenvalue weighted by Crippen LogP contribution is -2.42. The van der Waals surface area contributed by atoms with Crippen molar-refractivity contribution in [2.45, 2.75) is 51.4 Å². The summed E-state index contributed by atoms with van der Waals surface area (Å²) in [6.45, 7) is 2.77. The molecule has 0 aromatic heterocycles. The molecular formula is C22H28O3. The monoisotopic (exact) mass is 340 g/mol. The zero-order valence-electron chi connectivity index (χ0n) is 15.3. The molecule has 4 rings (SSSR count). The smallest absolute Gasteiger partial charge is 0.139 e. The molecule has 2 saturated carbocycles. The number of hydrogen-bond acceptors (Lipinski definition) is 3. The Hall–Kier alpha value is -1.77. The van der Waals surface area contributed by atoms with Crippen LogP contribution in [0.3, 0.4) is 0 Å². The number of ketones is 1. The van der Waals surface area contributed by atoms with E-state index in [9.17, 15) is 4.79 Å². The molecule has 1 aromatic carbocycles. The Morgan fingerprint density at radius 1 is 1.24 bits per heavy atom. The van der Waals surface area contributed by atoms with E-state index in [4.69, 9.17) is 9.47 Å². The number of benzene rings is 1. The third-order valence-electron chi connectivity index (χ3n) is 6.99. The van der Waals surface area contributed by atoms with Crippen LogP contribution >= 0.6 is 0 Å². The number of carbonyl (C=O) groups is 1. The van der Waals surface area contributed by atoms with Crippen molar-refractivity contribution >= 4 is 5.78 Å². The van der Waals surface area contributed by atoms with Crippen LogP contribution in [0.5, 0.6) is 5.75 Å². The van der Waals surface area contributed by atoms with E-state index in [2.05, 4.69) is 25.1 Å². The summed E-state index contributed by atoms with van der Waals surface area (Å²) >= 11 is 0. The standard InChI is InChI=1S/C22H28O3/c1-22-11-10-18-17-7-5-16(25-13-3-12-24-2)14-15(17)4-6-19(18)20(22)8-9-21(22)23/h3,5,7,12,14,18-20H,4,6,8-11,13H2,1-2H3/t18-,19-,20+,22+/m1/s1. The van der Waals surface area contributed by atoms with Crippen molar-refractivity contribution < 1.29 is 14.3 Å². The van der Waals surface area contributed by atoms with Gasteiger partial charge in [0.05, 0.1) is 13.4 Å². The van der Waals surface area contributed by atoms with E-state index in [1.165, 1.54) is 17.5 Å². The summed E-state index contributed by atoms with van der Waals surface area (Å²) < 4.78 is 10.7. The predicted molar refractivity (Wildman–Crippen MR) is 97.7 cm³/mol. The molecule has 0 unspecified atom stereocenters. The van der Waals surface area contributed by atoms with E-state index in [-0.39, 0.29) is 5.41 Å². The van der Waals surface area contributed by atoms with Gasteiger partial charge >= 0.3 is 0 Å². The molecule has 0 aliphatic heterocycles. The molecule has 0 bridgehead atoms. The van der Waals surface area contributed by atoms with Gasteiger partial charge in [0.2, 0.25) is 0 Å². The van der Waals surface area contributed by atoms with E-state index in [0.29, 0.717) is 30.1 Å². The molecule has 3 aliphatic carbocycles. The van der Waals surface area contributed by atoms with Crippen molar-refractivity contribution in [3.63, 3.8) is 0 Å². The van der Waals surface area contributed by atoms with Gasteiger partial charge in [-0.25, -0.2) is 0 Å². The van der Waals surface area contributed by atoms with Crippen LogP contribution in [-0.2, 0) is 16.0 Å². The quantitative estimate of drug-likeness (QED) is 0.748. The first kappa shape index (κ1) is 16.7. The minimum Gasteiger partial charge on any atom is -0.505 e. The molecule has 4 atom stereocenters. The van der Waals surface area contributed by atoms with Crippen molar-refractivity contribution in [3.05, 3.63) is 41.7 Å². The van der Waals surface area contributed by atoms with Crippen LogP contribution in [0.2, 0.25) is 0 Å². The molecule has 3 nitrogen and oxygen atoms in total. The Kier molecular flexibility index (Phi) is 4.35. The summed E-state index contributed by atoms with van der Waals surface area (Å²) in [4.78, 5) is 12.4. The Balaban J connectivity index is 1.53. The molecule has 3 heteroatoms. The third kappa shape index (κ3) is 2.78. The second kappa shape index (κ2) is 6.51. The number of fused-ring (bicyclic) bond motifs is 5. The summed E-state index contributed by atoms with van der Waals surface area (Å²) in [5.74, 6) is 3.38. The van der Waals surface area contributed by atoms with E-state index in [1.807, 2.05) is 6.08 Å².